The summed E-state index contributed by atoms with van der Waals surface area (Å²) in [6.07, 6.45) is 3.40. The maximum Gasteiger partial charge on any atom is 0.261 e. The minimum Gasteiger partial charge on any atom is -0.384 e. The summed E-state index contributed by atoms with van der Waals surface area (Å²) >= 11 is 1.37. The number of amides is 1. The van der Waals surface area contributed by atoms with Crippen molar-refractivity contribution in [2.75, 3.05) is 6.61 Å². The summed E-state index contributed by atoms with van der Waals surface area (Å²) in [5.74, 6) is 5.39. The highest BCUT2D eigenvalue weighted by molar-refractivity contribution is 7.14. The van der Waals surface area contributed by atoms with Crippen LogP contribution in [0.4, 0.5) is 0 Å². The highest BCUT2D eigenvalue weighted by atomic mass is 32.1. The fraction of sp³-hybridized carbons (Fsp3) is 0.533. The first-order valence-electron chi connectivity index (χ1n) is 6.53. The van der Waals surface area contributed by atoms with E-state index in [2.05, 4.69) is 31.0 Å². The molecule has 1 atom stereocenters. The number of aliphatic hydroxyl groups is 1. The van der Waals surface area contributed by atoms with Crippen LogP contribution < -0.4 is 5.32 Å². The van der Waals surface area contributed by atoms with Gasteiger partial charge in [0, 0.05) is 6.04 Å². The van der Waals surface area contributed by atoms with Gasteiger partial charge < -0.3 is 10.4 Å². The summed E-state index contributed by atoms with van der Waals surface area (Å²) in [5.41, 5.74) is 0.187. The van der Waals surface area contributed by atoms with Crippen LogP contribution in [0.1, 0.15) is 47.7 Å². The Kier molecular flexibility index (Phi) is 4.28. The van der Waals surface area contributed by atoms with Gasteiger partial charge in [0.25, 0.3) is 5.91 Å². The van der Waals surface area contributed by atoms with Gasteiger partial charge in [-0.3, -0.25) is 4.79 Å². The normalized spacial score (nSPS) is 20.7. The van der Waals surface area contributed by atoms with Crippen molar-refractivity contribution in [1.82, 2.24) is 5.32 Å². The fourth-order valence-corrected chi connectivity index (χ4v) is 3.26. The lowest BCUT2D eigenvalue weighted by Crippen LogP contribution is -2.41. The third kappa shape index (κ3) is 3.37. The van der Waals surface area contributed by atoms with Crippen molar-refractivity contribution in [3.8, 4) is 11.8 Å². The van der Waals surface area contributed by atoms with Crippen molar-refractivity contribution in [2.45, 2.75) is 39.2 Å². The average Bonchev–Trinajstić information content (AvgIpc) is 2.94. The quantitative estimate of drug-likeness (QED) is 0.816. The number of carbonyl (C=O) groups is 1. The number of rotatable bonds is 2. The number of thiophene rings is 1. The van der Waals surface area contributed by atoms with Crippen LogP contribution in [0.5, 0.6) is 0 Å². The first-order chi connectivity index (χ1) is 9.03. The molecular weight excluding hydrogens is 258 g/mol. The van der Waals surface area contributed by atoms with Gasteiger partial charge in [0.05, 0.1) is 9.75 Å². The molecule has 1 aromatic rings. The molecule has 0 spiro atoms. The lowest BCUT2D eigenvalue weighted by atomic mass is 9.87. The van der Waals surface area contributed by atoms with Crippen LogP contribution in [0, 0.1) is 17.3 Å². The molecule has 0 aromatic carbocycles. The van der Waals surface area contributed by atoms with Crippen LogP contribution >= 0.6 is 11.3 Å². The SMILES string of the molecule is CC1(C)CCCC1NC(=O)c1ccc(C#CCO)s1. The molecule has 19 heavy (non-hydrogen) atoms. The standard InChI is InChI=1S/C15H19NO2S/c1-15(2)9-3-6-13(15)16-14(18)12-8-7-11(19-12)5-4-10-17/h7-8,13,17H,3,6,9-10H2,1-2H3,(H,16,18). The first-order valence-corrected chi connectivity index (χ1v) is 7.35. The largest absolute Gasteiger partial charge is 0.384 e. The second-order valence-corrected chi connectivity index (χ2v) is 6.61. The van der Waals surface area contributed by atoms with Crippen molar-refractivity contribution in [3.63, 3.8) is 0 Å². The van der Waals surface area contributed by atoms with E-state index in [1.54, 1.807) is 6.07 Å². The van der Waals surface area contributed by atoms with Crippen molar-refractivity contribution in [1.29, 1.82) is 0 Å². The van der Waals surface area contributed by atoms with Gasteiger partial charge in [0.15, 0.2) is 0 Å². The Morgan fingerprint density at radius 3 is 3.00 bits per heavy atom. The van der Waals surface area contributed by atoms with Gasteiger partial charge >= 0.3 is 0 Å². The summed E-state index contributed by atoms with van der Waals surface area (Å²) in [6.45, 7) is 4.25. The Bertz CT molecular complexity index is 522. The van der Waals surface area contributed by atoms with Crippen LogP contribution in [0.2, 0.25) is 0 Å². The number of aliphatic hydroxyl groups excluding tert-OH is 1. The number of nitrogens with one attached hydrogen (secondary N) is 1. The molecule has 1 unspecified atom stereocenters. The van der Waals surface area contributed by atoms with Crippen molar-refractivity contribution >= 4 is 17.2 Å². The van der Waals surface area contributed by atoms with Crippen LogP contribution in [0.3, 0.4) is 0 Å². The van der Waals surface area contributed by atoms with Gasteiger partial charge in [-0.25, -0.2) is 0 Å². The van der Waals surface area contributed by atoms with Crippen LogP contribution in [0.15, 0.2) is 12.1 Å². The van der Waals surface area contributed by atoms with Gasteiger partial charge in [-0.2, -0.15) is 0 Å². The molecule has 4 heteroatoms. The molecule has 0 saturated heterocycles. The van der Waals surface area contributed by atoms with E-state index in [0.29, 0.717) is 4.88 Å². The van der Waals surface area contributed by atoms with Crippen LogP contribution in [0.25, 0.3) is 0 Å². The van der Waals surface area contributed by atoms with Crippen molar-refractivity contribution in [2.24, 2.45) is 5.41 Å². The smallest absolute Gasteiger partial charge is 0.261 e. The zero-order valence-electron chi connectivity index (χ0n) is 11.3. The predicted molar refractivity (Wildman–Crippen MR) is 77.2 cm³/mol. The summed E-state index contributed by atoms with van der Waals surface area (Å²) in [7, 11) is 0. The maximum atomic E-state index is 12.2. The number of hydrogen-bond donors (Lipinski definition) is 2. The van der Waals surface area contributed by atoms with E-state index in [0.717, 1.165) is 17.7 Å². The molecule has 2 N–H and O–H groups in total. The van der Waals surface area contributed by atoms with Crippen molar-refractivity contribution in [3.05, 3.63) is 21.9 Å². The second-order valence-electron chi connectivity index (χ2n) is 5.53. The van der Waals surface area contributed by atoms with E-state index in [-0.39, 0.29) is 24.0 Å². The van der Waals surface area contributed by atoms with Gasteiger partial charge in [-0.15, -0.1) is 11.3 Å². The van der Waals surface area contributed by atoms with Gasteiger partial charge in [-0.1, -0.05) is 32.1 Å². The molecule has 1 heterocycles. The molecular formula is C15H19NO2S. The third-order valence-electron chi connectivity index (χ3n) is 3.68. The lowest BCUT2D eigenvalue weighted by molar-refractivity contribution is 0.0914. The fourth-order valence-electron chi connectivity index (χ4n) is 2.48. The van der Waals surface area contributed by atoms with Crippen molar-refractivity contribution < 1.29 is 9.90 Å². The summed E-state index contributed by atoms with van der Waals surface area (Å²) in [6, 6.07) is 3.87. The summed E-state index contributed by atoms with van der Waals surface area (Å²) in [4.78, 5) is 13.7. The molecule has 3 nitrogen and oxygen atoms in total. The molecule has 1 aliphatic carbocycles. The Morgan fingerprint density at radius 2 is 2.37 bits per heavy atom. The maximum absolute atomic E-state index is 12.2. The average molecular weight is 277 g/mol. The molecule has 0 radical (unpaired) electrons. The molecule has 1 aliphatic rings. The van der Waals surface area contributed by atoms with E-state index in [1.165, 1.54) is 17.8 Å². The molecule has 1 saturated carbocycles. The van der Waals surface area contributed by atoms with Gasteiger partial charge in [-0.05, 0) is 30.4 Å². The lowest BCUT2D eigenvalue weighted by Gasteiger charge is -2.27. The number of hydrogen-bond acceptors (Lipinski definition) is 3. The summed E-state index contributed by atoms with van der Waals surface area (Å²) < 4.78 is 0. The molecule has 102 valence electrons. The molecule has 0 aliphatic heterocycles. The van der Waals surface area contributed by atoms with Gasteiger partial charge in [0.1, 0.15) is 6.61 Å². The van der Waals surface area contributed by atoms with E-state index in [1.807, 2.05) is 6.07 Å². The zero-order valence-corrected chi connectivity index (χ0v) is 12.1. The van der Waals surface area contributed by atoms with E-state index < -0.39 is 0 Å². The van der Waals surface area contributed by atoms with Gasteiger partial charge in [0.2, 0.25) is 0 Å². The van der Waals surface area contributed by atoms with Crippen LogP contribution in [-0.2, 0) is 0 Å². The summed E-state index contributed by atoms with van der Waals surface area (Å²) in [5, 5.41) is 11.8. The highest BCUT2D eigenvalue weighted by Gasteiger charge is 2.35. The van der Waals surface area contributed by atoms with E-state index in [9.17, 15) is 4.79 Å². The zero-order chi connectivity index (χ0) is 13.9. The molecule has 2 rings (SSSR count). The predicted octanol–water partition coefficient (Wildman–Crippen LogP) is 2.40. The van der Waals surface area contributed by atoms with E-state index >= 15 is 0 Å². The topological polar surface area (TPSA) is 49.3 Å². The molecule has 1 amide bonds. The molecule has 0 bridgehead atoms. The Labute approximate surface area is 118 Å². The molecule has 1 fully saturated rings. The number of carbonyl (C=O) groups excluding carboxylic acids is 1. The molecule has 1 aromatic heterocycles. The minimum atomic E-state index is -0.157. The highest BCUT2D eigenvalue weighted by Crippen LogP contribution is 2.37. The Hall–Kier alpha value is -1.31. The third-order valence-corrected chi connectivity index (χ3v) is 4.68. The van der Waals surface area contributed by atoms with Crippen LogP contribution in [-0.4, -0.2) is 23.7 Å². The minimum absolute atomic E-state index is 0.0120. The monoisotopic (exact) mass is 277 g/mol. The Morgan fingerprint density at radius 1 is 1.58 bits per heavy atom. The Balaban J connectivity index is 2.02. The van der Waals surface area contributed by atoms with E-state index in [4.69, 9.17) is 5.11 Å². The second kappa shape index (κ2) is 5.77. The first kappa shape index (κ1) is 14.1.